The minimum atomic E-state index is -0.471. The Hall–Kier alpha value is -3.16. The number of halogens is 1. The van der Waals surface area contributed by atoms with Gasteiger partial charge in [0.2, 0.25) is 0 Å². The van der Waals surface area contributed by atoms with Gasteiger partial charge in [-0.1, -0.05) is 18.6 Å². The van der Waals surface area contributed by atoms with E-state index in [1.54, 1.807) is 24.4 Å². The van der Waals surface area contributed by atoms with E-state index in [0.29, 0.717) is 29.7 Å². The second-order valence-corrected chi connectivity index (χ2v) is 11.0. The Morgan fingerprint density at radius 3 is 2.61 bits per heavy atom. The Labute approximate surface area is 213 Å². The van der Waals surface area contributed by atoms with Crippen LogP contribution in [0.5, 0.6) is 11.5 Å². The molecule has 3 heterocycles. The molecule has 7 heteroatoms. The van der Waals surface area contributed by atoms with Crippen molar-refractivity contribution in [2.45, 2.75) is 57.5 Å². The van der Waals surface area contributed by atoms with Crippen LogP contribution in [0, 0.1) is 11.7 Å². The molecule has 184 valence electrons. The second-order valence-electron chi connectivity index (χ2n) is 9.92. The average Bonchev–Trinajstić information content (AvgIpc) is 3.54. The lowest BCUT2D eigenvalue weighted by molar-refractivity contribution is -0.118. The van der Waals surface area contributed by atoms with Gasteiger partial charge in [-0.3, -0.25) is 14.8 Å². The van der Waals surface area contributed by atoms with Gasteiger partial charge >= 0.3 is 0 Å². The molecule has 0 amide bonds. The first-order chi connectivity index (χ1) is 17.6. The van der Waals surface area contributed by atoms with Gasteiger partial charge in [-0.2, -0.15) is 0 Å². The first kappa shape index (κ1) is 23.3. The zero-order valence-electron chi connectivity index (χ0n) is 20.0. The molecule has 0 spiro atoms. The molecular weight excluding hydrogens is 473 g/mol. The third-order valence-electron chi connectivity index (χ3n) is 6.98. The number of aromatic nitrogens is 2. The third-order valence-corrected chi connectivity index (χ3v) is 8.15. The number of pyridine rings is 2. The number of carbonyl (C=O) groups excluding carboxylic acids is 1. The Kier molecular flexibility index (Phi) is 6.50. The fraction of sp³-hybridized carbons (Fsp3) is 0.345. The van der Waals surface area contributed by atoms with Crippen LogP contribution in [0.25, 0.3) is 20.8 Å². The molecule has 5 nitrogen and oxygen atoms in total. The van der Waals surface area contributed by atoms with Crippen LogP contribution in [0.2, 0.25) is 0 Å². The largest absolute Gasteiger partial charge is 0.453 e. The maximum atomic E-state index is 14.8. The lowest BCUT2D eigenvalue weighted by Crippen LogP contribution is -2.34. The van der Waals surface area contributed by atoms with Gasteiger partial charge in [-0.05, 0) is 67.0 Å². The van der Waals surface area contributed by atoms with Crippen molar-refractivity contribution < 1.29 is 13.9 Å². The van der Waals surface area contributed by atoms with Crippen LogP contribution in [-0.4, -0.2) is 21.8 Å². The number of benzene rings is 1. The predicted molar refractivity (Wildman–Crippen MR) is 140 cm³/mol. The molecule has 2 fully saturated rings. The number of nitrogens with zero attached hydrogens (tertiary/aromatic N) is 2. The zero-order chi connectivity index (χ0) is 24.5. The maximum Gasteiger partial charge on any atom is 0.166 e. The Bertz CT molecular complexity index is 1390. The third kappa shape index (κ3) is 5.32. The molecule has 0 aliphatic heterocycles. The number of ketones is 1. The molecule has 1 aromatic carbocycles. The van der Waals surface area contributed by atoms with Crippen molar-refractivity contribution in [3.63, 3.8) is 0 Å². The summed E-state index contributed by atoms with van der Waals surface area (Å²) in [5, 5.41) is 3.56. The molecule has 2 aliphatic rings. The van der Waals surface area contributed by atoms with E-state index in [1.165, 1.54) is 42.2 Å². The molecule has 0 unspecified atom stereocenters. The van der Waals surface area contributed by atoms with Crippen LogP contribution in [0.15, 0.2) is 54.9 Å². The van der Waals surface area contributed by atoms with E-state index < -0.39 is 5.82 Å². The van der Waals surface area contributed by atoms with Gasteiger partial charge in [0.25, 0.3) is 0 Å². The minimum absolute atomic E-state index is 0.136. The van der Waals surface area contributed by atoms with Crippen LogP contribution in [0.1, 0.15) is 49.7 Å². The van der Waals surface area contributed by atoms with Crippen molar-refractivity contribution in [1.82, 2.24) is 15.3 Å². The van der Waals surface area contributed by atoms with Gasteiger partial charge in [-0.15, -0.1) is 11.3 Å². The van der Waals surface area contributed by atoms with Crippen molar-refractivity contribution in [1.29, 1.82) is 0 Å². The monoisotopic (exact) mass is 501 g/mol. The van der Waals surface area contributed by atoms with Gasteiger partial charge in [0.15, 0.2) is 11.6 Å². The summed E-state index contributed by atoms with van der Waals surface area (Å²) >= 11 is 1.53. The molecule has 0 saturated heterocycles. The highest BCUT2D eigenvalue weighted by Gasteiger charge is 2.24. The minimum Gasteiger partial charge on any atom is -0.453 e. The highest BCUT2D eigenvalue weighted by Crippen LogP contribution is 2.39. The number of rotatable bonds is 10. The van der Waals surface area contributed by atoms with Crippen molar-refractivity contribution in [2.75, 3.05) is 0 Å². The topological polar surface area (TPSA) is 64.1 Å². The van der Waals surface area contributed by atoms with Gasteiger partial charge in [0.1, 0.15) is 11.5 Å². The van der Waals surface area contributed by atoms with E-state index in [9.17, 15) is 9.18 Å². The molecule has 0 bridgehead atoms. The number of hydrogen-bond donors (Lipinski definition) is 1. The lowest BCUT2D eigenvalue weighted by atomic mass is 9.93. The molecule has 0 radical (unpaired) electrons. The maximum absolute atomic E-state index is 14.8. The average molecular weight is 502 g/mol. The predicted octanol–water partition coefficient (Wildman–Crippen LogP) is 6.84. The summed E-state index contributed by atoms with van der Waals surface area (Å²) in [6.45, 7) is 0.836. The molecule has 36 heavy (non-hydrogen) atoms. The molecule has 2 saturated carbocycles. The van der Waals surface area contributed by atoms with Gasteiger partial charge in [-0.25, -0.2) is 4.39 Å². The van der Waals surface area contributed by atoms with Crippen LogP contribution >= 0.6 is 11.3 Å². The summed E-state index contributed by atoms with van der Waals surface area (Å²) in [5.74, 6) is 0.924. The number of fused-ring (bicyclic) bond motifs is 1. The molecule has 1 N–H and O–H groups in total. The highest BCUT2D eigenvalue weighted by atomic mass is 32.1. The fourth-order valence-electron chi connectivity index (χ4n) is 4.47. The van der Waals surface area contributed by atoms with E-state index >= 15 is 0 Å². The molecule has 6 rings (SSSR count). The smallest absolute Gasteiger partial charge is 0.166 e. The van der Waals surface area contributed by atoms with E-state index in [1.807, 2.05) is 18.3 Å². The number of ether oxygens (including phenoxy) is 1. The van der Waals surface area contributed by atoms with Crippen molar-refractivity contribution >= 4 is 27.3 Å². The summed E-state index contributed by atoms with van der Waals surface area (Å²) in [5.41, 5.74) is 3.51. The molecule has 0 atom stereocenters. The van der Waals surface area contributed by atoms with Crippen LogP contribution in [0.3, 0.4) is 0 Å². The number of carbonyl (C=O) groups is 1. The first-order valence-electron chi connectivity index (χ1n) is 12.7. The lowest BCUT2D eigenvalue weighted by Gasteiger charge is -2.26. The first-order valence-corrected chi connectivity index (χ1v) is 13.5. The fourth-order valence-corrected chi connectivity index (χ4v) is 5.51. The quantitative estimate of drug-likeness (QED) is 0.258. The standard InChI is InChI=1S/C29H28FN3O2S/c30-23-14-19(13-22(34)12-18-4-5-18)7-9-26(23)35-27-10-11-31-25-15-28(36-29(25)27)24-8-6-20(17-33-24)16-32-21-2-1-3-21/h6-11,14-15,17-18,21,32H,1-5,12-13,16H2. The van der Waals surface area contributed by atoms with E-state index in [0.717, 1.165) is 40.2 Å². The molecule has 3 aromatic heterocycles. The van der Waals surface area contributed by atoms with Crippen LogP contribution in [-0.2, 0) is 17.8 Å². The number of thiophene rings is 1. The Morgan fingerprint density at radius 2 is 1.89 bits per heavy atom. The van der Waals surface area contributed by atoms with E-state index in [-0.39, 0.29) is 18.0 Å². The van der Waals surface area contributed by atoms with Gasteiger partial charge in [0, 0.05) is 43.9 Å². The number of hydrogen-bond acceptors (Lipinski definition) is 6. The van der Waals surface area contributed by atoms with E-state index in [2.05, 4.69) is 21.4 Å². The molecular formula is C29H28FN3O2S. The van der Waals surface area contributed by atoms with Crippen molar-refractivity contribution in [3.05, 3.63) is 71.8 Å². The molecule has 4 aromatic rings. The zero-order valence-corrected chi connectivity index (χ0v) is 20.8. The molecule has 2 aliphatic carbocycles. The Morgan fingerprint density at radius 1 is 1.03 bits per heavy atom. The summed E-state index contributed by atoms with van der Waals surface area (Å²) in [6.07, 6.45) is 10.6. The van der Waals surface area contributed by atoms with Crippen LogP contribution < -0.4 is 10.1 Å². The van der Waals surface area contributed by atoms with Gasteiger partial charge < -0.3 is 10.1 Å². The summed E-state index contributed by atoms with van der Waals surface area (Å²) in [7, 11) is 0. The van der Waals surface area contributed by atoms with Crippen molar-refractivity contribution in [2.24, 2.45) is 5.92 Å². The second kappa shape index (κ2) is 10.1. The Balaban J connectivity index is 1.17. The summed E-state index contributed by atoms with van der Waals surface area (Å²) in [4.78, 5) is 22.3. The normalized spacial score (nSPS) is 15.7. The number of Topliss-reactive ketones (excluding diaryl/α,β-unsaturated/α-hetero) is 1. The number of nitrogens with one attached hydrogen (secondary N) is 1. The van der Waals surface area contributed by atoms with Gasteiger partial charge in [0.05, 0.1) is 20.8 Å². The highest BCUT2D eigenvalue weighted by molar-refractivity contribution is 7.22. The summed E-state index contributed by atoms with van der Waals surface area (Å²) < 4.78 is 21.7. The van der Waals surface area contributed by atoms with Crippen molar-refractivity contribution in [3.8, 4) is 22.1 Å². The SMILES string of the molecule is O=C(Cc1ccc(Oc2ccnc3cc(-c4ccc(CNC5CCC5)cn4)sc23)c(F)c1)CC1CC1. The van der Waals surface area contributed by atoms with Crippen LogP contribution in [0.4, 0.5) is 4.39 Å². The van der Waals surface area contributed by atoms with E-state index in [4.69, 9.17) is 4.74 Å². The summed E-state index contributed by atoms with van der Waals surface area (Å²) in [6, 6.07) is 13.3.